The van der Waals surface area contributed by atoms with Gasteiger partial charge in [0.05, 0.1) is 5.69 Å². The standard InChI is InChI=1S/C25H24BNO2/c1-4-20(17-22(5-2)26(28)29)21-12-10-13-23(18-21)27-16-9-8-11-19(3)24-14-6-7-15-25(24)27/h4-18,28-29H,1,3H2,2H3/b11-8-,16-9-,20-17+,22-5+. The first kappa shape index (κ1) is 20.4. The summed E-state index contributed by atoms with van der Waals surface area (Å²) in [6.07, 6.45) is 13.1. The van der Waals surface area contributed by atoms with Gasteiger partial charge in [-0.15, -0.1) is 0 Å². The largest absolute Gasteiger partial charge is 0.488 e. The van der Waals surface area contributed by atoms with Crippen molar-refractivity contribution in [3.8, 4) is 0 Å². The van der Waals surface area contributed by atoms with Crippen LogP contribution in [0.5, 0.6) is 0 Å². The SMILES string of the molecule is C=C/C(=C\C(=C/C)B(O)O)c1cccc(N2/C=C\C=C/C(=C)c3ccccc32)c1. The van der Waals surface area contributed by atoms with Crippen molar-refractivity contribution in [1.82, 2.24) is 0 Å². The predicted octanol–water partition coefficient (Wildman–Crippen LogP) is 5.45. The summed E-state index contributed by atoms with van der Waals surface area (Å²) < 4.78 is 0. The average Bonchev–Trinajstić information content (AvgIpc) is 2.73. The second-order valence-corrected chi connectivity index (χ2v) is 6.63. The second-order valence-electron chi connectivity index (χ2n) is 6.63. The summed E-state index contributed by atoms with van der Waals surface area (Å²) >= 11 is 0. The minimum absolute atomic E-state index is 0.420. The van der Waals surface area contributed by atoms with Crippen molar-refractivity contribution in [3.05, 3.63) is 121 Å². The van der Waals surface area contributed by atoms with E-state index in [2.05, 4.69) is 36.3 Å². The summed E-state index contributed by atoms with van der Waals surface area (Å²) in [5.41, 5.74) is 6.20. The molecule has 1 aliphatic rings. The molecule has 3 rings (SSSR count). The summed E-state index contributed by atoms with van der Waals surface area (Å²) in [4.78, 5) is 2.12. The molecule has 0 fully saturated rings. The zero-order valence-corrected chi connectivity index (χ0v) is 16.5. The van der Waals surface area contributed by atoms with Gasteiger partial charge in [-0.3, -0.25) is 0 Å². The van der Waals surface area contributed by atoms with Crippen LogP contribution >= 0.6 is 0 Å². The molecule has 0 amide bonds. The fourth-order valence-electron chi connectivity index (χ4n) is 3.24. The van der Waals surface area contributed by atoms with E-state index in [4.69, 9.17) is 0 Å². The molecular weight excluding hydrogens is 357 g/mol. The van der Waals surface area contributed by atoms with Gasteiger partial charge in [0.2, 0.25) is 0 Å². The molecule has 1 heterocycles. The number of rotatable bonds is 5. The lowest BCUT2D eigenvalue weighted by atomic mass is 9.77. The van der Waals surface area contributed by atoms with Crippen LogP contribution in [0.2, 0.25) is 0 Å². The van der Waals surface area contributed by atoms with Crippen LogP contribution in [0.4, 0.5) is 11.4 Å². The van der Waals surface area contributed by atoms with Crippen LogP contribution in [0.25, 0.3) is 11.1 Å². The molecule has 0 bridgehead atoms. The maximum Gasteiger partial charge on any atom is 0.488 e. The summed E-state index contributed by atoms with van der Waals surface area (Å²) in [5, 5.41) is 19.1. The topological polar surface area (TPSA) is 43.7 Å². The number of hydrogen-bond donors (Lipinski definition) is 2. The van der Waals surface area contributed by atoms with Crippen LogP contribution in [0.3, 0.4) is 0 Å². The van der Waals surface area contributed by atoms with Crippen molar-refractivity contribution >= 4 is 29.6 Å². The molecule has 0 atom stereocenters. The Kier molecular flexibility index (Phi) is 6.50. The molecule has 29 heavy (non-hydrogen) atoms. The molecule has 0 spiro atoms. The monoisotopic (exact) mass is 381 g/mol. The van der Waals surface area contributed by atoms with Gasteiger partial charge in [-0.2, -0.15) is 0 Å². The number of hydrogen-bond acceptors (Lipinski definition) is 3. The molecule has 2 aromatic rings. The van der Waals surface area contributed by atoms with E-state index >= 15 is 0 Å². The fraction of sp³-hybridized carbons (Fsp3) is 0.0400. The van der Waals surface area contributed by atoms with Gasteiger partial charge in [-0.25, -0.2) is 0 Å². The molecule has 4 heteroatoms. The summed E-state index contributed by atoms with van der Waals surface area (Å²) in [6.45, 7) is 9.84. The first-order chi connectivity index (χ1) is 14.0. The van der Waals surface area contributed by atoms with E-state index in [0.29, 0.717) is 5.47 Å². The van der Waals surface area contributed by atoms with Crippen LogP contribution in [0, 0.1) is 0 Å². The van der Waals surface area contributed by atoms with Crippen LogP contribution in [0.15, 0.2) is 110 Å². The first-order valence-electron chi connectivity index (χ1n) is 9.44. The zero-order chi connectivity index (χ0) is 20.8. The van der Waals surface area contributed by atoms with Crippen LogP contribution in [0.1, 0.15) is 18.1 Å². The van der Waals surface area contributed by atoms with Gasteiger partial charge in [-0.1, -0.05) is 73.9 Å². The van der Waals surface area contributed by atoms with Gasteiger partial charge < -0.3 is 14.9 Å². The molecular formula is C25H24BNO2. The maximum atomic E-state index is 9.53. The van der Waals surface area contributed by atoms with Crippen molar-refractivity contribution in [2.75, 3.05) is 4.90 Å². The number of allylic oxidation sites excluding steroid dienone is 9. The predicted molar refractivity (Wildman–Crippen MR) is 124 cm³/mol. The lowest BCUT2D eigenvalue weighted by Gasteiger charge is -2.25. The number of para-hydroxylation sites is 1. The smallest absolute Gasteiger partial charge is 0.423 e. The number of fused-ring (bicyclic) bond motifs is 1. The molecule has 1 aliphatic heterocycles. The van der Waals surface area contributed by atoms with E-state index < -0.39 is 7.12 Å². The molecule has 0 saturated heterocycles. The van der Waals surface area contributed by atoms with Crippen molar-refractivity contribution < 1.29 is 10.0 Å². The average molecular weight is 381 g/mol. The Hall–Kier alpha value is -3.34. The minimum atomic E-state index is -1.53. The Labute approximate surface area is 172 Å². The third kappa shape index (κ3) is 4.57. The van der Waals surface area contributed by atoms with Crippen molar-refractivity contribution in [3.63, 3.8) is 0 Å². The Balaban J connectivity index is 2.09. The molecule has 3 nitrogen and oxygen atoms in total. The van der Waals surface area contributed by atoms with Gasteiger partial charge in [0.1, 0.15) is 0 Å². The van der Waals surface area contributed by atoms with Gasteiger partial charge >= 0.3 is 7.12 Å². The summed E-state index contributed by atoms with van der Waals surface area (Å²) in [7, 11) is -1.53. The lowest BCUT2D eigenvalue weighted by Crippen LogP contribution is -2.14. The molecule has 144 valence electrons. The van der Waals surface area contributed by atoms with E-state index in [1.54, 1.807) is 25.2 Å². The highest BCUT2D eigenvalue weighted by atomic mass is 16.4. The zero-order valence-electron chi connectivity index (χ0n) is 16.5. The molecule has 2 aromatic carbocycles. The fourth-order valence-corrected chi connectivity index (χ4v) is 3.24. The Morgan fingerprint density at radius 1 is 1.07 bits per heavy atom. The highest BCUT2D eigenvalue weighted by molar-refractivity contribution is 6.52. The molecule has 0 aliphatic carbocycles. The Bertz CT molecular complexity index is 1040. The van der Waals surface area contributed by atoms with E-state index in [1.165, 1.54) is 0 Å². The summed E-state index contributed by atoms with van der Waals surface area (Å²) in [5.74, 6) is 0. The minimum Gasteiger partial charge on any atom is -0.423 e. The van der Waals surface area contributed by atoms with Crippen molar-refractivity contribution in [1.29, 1.82) is 0 Å². The molecule has 2 N–H and O–H groups in total. The van der Waals surface area contributed by atoms with Crippen LogP contribution < -0.4 is 4.90 Å². The number of nitrogens with zero attached hydrogens (tertiary/aromatic N) is 1. The molecule has 0 aromatic heterocycles. The number of anilines is 2. The second kappa shape index (κ2) is 9.24. The lowest BCUT2D eigenvalue weighted by molar-refractivity contribution is 0.420. The van der Waals surface area contributed by atoms with E-state index in [9.17, 15) is 10.0 Å². The summed E-state index contributed by atoms with van der Waals surface area (Å²) in [6, 6.07) is 16.2. The van der Waals surface area contributed by atoms with E-state index in [0.717, 1.165) is 33.6 Å². The van der Waals surface area contributed by atoms with Crippen molar-refractivity contribution in [2.24, 2.45) is 0 Å². The van der Waals surface area contributed by atoms with Crippen LogP contribution in [-0.4, -0.2) is 17.2 Å². The third-order valence-electron chi connectivity index (χ3n) is 4.78. The van der Waals surface area contributed by atoms with Gasteiger partial charge in [0.15, 0.2) is 0 Å². The van der Waals surface area contributed by atoms with Gasteiger partial charge in [-0.05, 0) is 53.4 Å². The number of benzene rings is 2. The Morgan fingerprint density at radius 3 is 2.59 bits per heavy atom. The highest BCUT2D eigenvalue weighted by Crippen LogP contribution is 2.35. The normalized spacial score (nSPS) is 16.5. The maximum absolute atomic E-state index is 9.53. The third-order valence-corrected chi connectivity index (χ3v) is 4.78. The molecule has 0 saturated carbocycles. The van der Waals surface area contributed by atoms with Gasteiger partial charge in [0, 0.05) is 17.5 Å². The Morgan fingerprint density at radius 2 is 1.86 bits per heavy atom. The first-order valence-corrected chi connectivity index (χ1v) is 9.44. The van der Waals surface area contributed by atoms with Gasteiger partial charge in [0.25, 0.3) is 0 Å². The molecule has 0 unspecified atom stereocenters. The van der Waals surface area contributed by atoms with Crippen LogP contribution in [-0.2, 0) is 0 Å². The highest BCUT2D eigenvalue weighted by Gasteiger charge is 2.15. The quantitative estimate of drug-likeness (QED) is 0.535. The van der Waals surface area contributed by atoms with Crippen molar-refractivity contribution in [2.45, 2.75) is 6.92 Å². The van der Waals surface area contributed by atoms with E-state index in [-0.39, 0.29) is 0 Å². The molecule has 0 radical (unpaired) electrons. The van der Waals surface area contributed by atoms with E-state index in [1.807, 2.05) is 54.8 Å².